The molecule has 5 nitrogen and oxygen atoms in total. The van der Waals surface area contributed by atoms with Crippen molar-refractivity contribution in [3.05, 3.63) is 53.2 Å². The minimum Gasteiger partial charge on any atom is -0.378 e. The van der Waals surface area contributed by atoms with Gasteiger partial charge in [0.2, 0.25) is 5.91 Å². The van der Waals surface area contributed by atoms with Gasteiger partial charge in [0.25, 0.3) is 0 Å². The quantitative estimate of drug-likeness (QED) is 0.853. The fraction of sp³-hybridized carbons (Fsp3) is 0.429. The van der Waals surface area contributed by atoms with Crippen LogP contribution in [0.3, 0.4) is 0 Å². The number of benzene rings is 1. The summed E-state index contributed by atoms with van der Waals surface area (Å²) in [5.74, 6) is 1.13. The molecular weight excluding hydrogens is 326 g/mol. The number of anilines is 2. The van der Waals surface area contributed by atoms with E-state index in [9.17, 15) is 4.79 Å². The maximum absolute atomic E-state index is 13.0. The van der Waals surface area contributed by atoms with Crippen molar-refractivity contribution in [3.8, 4) is 0 Å². The van der Waals surface area contributed by atoms with Crippen LogP contribution in [0.4, 0.5) is 11.5 Å². The number of nitrogens with zero attached hydrogens (tertiary/aromatic N) is 3. The molecule has 0 spiro atoms. The van der Waals surface area contributed by atoms with E-state index in [4.69, 9.17) is 4.74 Å². The summed E-state index contributed by atoms with van der Waals surface area (Å²) in [6, 6.07) is 10.4. The van der Waals surface area contributed by atoms with Crippen molar-refractivity contribution < 1.29 is 9.53 Å². The molecule has 1 aromatic carbocycles. The first-order chi connectivity index (χ1) is 12.5. The molecule has 0 bridgehead atoms. The first-order valence-corrected chi connectivity index (χ1v) is 9.16. The van der Waals surface area contributed by atoms with E-state index in [1.165, 1.54) is 5.56 Å². The average Bonchev–Trinajstić information content (AvgIpc) is 2.84. The van der Waals surface area contributed by atoms with Crippen LogP contribution in [-0.4, -0.2) is 44.2 Å². The zero-order valence-electron chi connectivity index (χ0n) is 15.7. The number of hydrogen-bond donors (Lipinski definition) is 0. The number of likely N-dealkylation sites (N-methyl/N-ethyl adjacent to an activating group) is 1. The van der Waals surface area contributed by atoms with E-state index in [0.29, 0.717) is 6.42 Å². The molecule has 26 heavy (non-hydrogen) atoms. The average molecular weight is 351 g/mol. The molecule has 0 N–H and O–H groups in total. The third kappa shape index (κ3) is 2.76. The number of morpholine rings is 1. The second-order valence-electron chi connectivity index (χ2n) is 7.52. The Bertz CT molecular complexity index is 828. The van der Waals surface area contributed by atoms with Crippen LogP contribution in [-0.2, 0) is 21.4 Å². The molecule has 1 saturated heterocycles. The number of rotatable bonds is 3. The normalized spacial score (nSPS) is 22.7. The Labute approximate surface area is 154 Å². The Balaban J connectivity index is 1.60. The van der Waals surface area contributed by atoms with E-state index >= 15 is 0 Å². The van der Waals surface area contributed by atoms with Gasteiger partial charge < -0.3 is 14.5 Å². The zero-order chi connectivity index (χ0) is 18.3. The number of ether oxygens (including phenoxy) is 1. The summed E-state index contributed by atoms with van der Waals surface area (Å²) < 4.78 is 5.40. The highest BCUT2D eigenvalue weighted by Crippen LogP contribution is 2.43. The van der Waals surface area contributed by atoms with Crippen molar-refractivity contribution in [1.82, 2.24) is 4.98 Å². The lowest BCUT2D eigenvalue weighted by molar-refractivity contribution is -0.122. The number of fused-ring (bicyclic) bond motifs is 1. The maximum atomic E-state index is 13.0. The standard InChI is InChI=1S/C21H25N3O2/c1-15-4-6-18-17(12-15)21(2,20(25)23(18)3)13-16-5-7-19(22-14-16)24-8-10-26-11-9-24/h4-7,12,14H,8-11,13H2,1-3H3/t21-/m1/s1. The van der Waals surface area contributed by atoms with Crippen LogP contribution in [0.1, 0.15) is 23.6 Å². The SMILES string of the molecule is Cc1ccc2c(c1)[C@@](C)(Cc1ccc(N3CCOCC3)nc1)C(=O)N2C. The Kier molecular flexibility index (Phi) is 4.19. The largest absolute Gasteiger partial charge is 0.378 e. The van der Waals surface area contributed by atoms with Crippen molar-refractivity contribution in [1.29, 1.82) is 0 Å². The first kappa shape index (κ1) is 17.0. The molecule has 2 aromatic rings. The Hall–Kier alpha value is -2.40. The van der Waals surface area contributed by atoms with Crippen LogP contribution in [0.2, 0.25) is 0 Å². The number of pyridine rings is 1. The van der Waals surface area contributed by atoms with Gasteiger partial charge in [0.05, 0.1) is 18.6 Å². The van der Waals surface area contributed by atoms with Crippen LogP contribution in [0.15, 0.2) is 36.5 Å². The summed E-state index contributed by atoms with van der Waals surface area (Å²) in [6.45, 7) is 7.37. The second-order valence-corrected chi connectivity index (χ2v) is 7.52. The Morgan fingerprint density at radius 2 is 1.96 bits per heavy atom. The van der Waals surface area contributed by atoms with Gasteiger partial charge in [0.15, 0.2) is 0 Å². The zero-order valence-corrected chi connectivity index (χ0v) is 15.7. The monoisotopic (exact) mass is 351 g/mol. The fourth-order valence-electron chi connectivity index (χ4n) is 4.06. The molecule has 2 aliphatic rings. The molecule has 5 heteroatoms. The molecule has 4 rings (SSSR count). The summed E-state index contributed by atoms with van der Waals surface area (Å²) in [5.41, 5.74) is 3.85. The minimum atomic E-state index is -0.543. The van der Waals surface area contributed by atoms with Gasteiger partial charge in [0.1, 0.15) is 5.82 Å². The number of amides is 1. The van der Waals surface area contributed by atoms with Gasteiger partial charge in [-0.05, 0) is 43.5 Å². The van der Waals surface area contributed by atoms with Crippen molar-refractivity contribution in [2.75, 3.05) is 43.2 Å². The van der Waals surface area contributed by atoms with Gasteiger partial charge in [-0.3, -0.25) is 4.79 Å². The van der Waals surface area contributed by atoms with E-state index in [2.05, 4.69) is 41.1 Å². The Morgan fingerprint density at radius 3 is 2.65 bits per heavy atom. The molecule has 136 valence electrons. The number of aryl methyl sites for hydroxylation is 1. The van der Waals surface area contributed by atoms with Crippen molar-refractivity contribution >= 4 is 17.4 Å². The highest BCUT2D eigenvalue weighted by molar-refractivity contribution is 6.07. The molecule has 0 aliphatic carbocycles. The number of aromatic nitrogens is 1. The van der Waals surface area contributed by atoms with Crippen LogP contribution < -0.4 is 9.80 Å². The molecule has 0 unspecified atom stereocenters. The summed E-state index contributed by atoms with van der Waals surface area (Å²) >= 11 is 0. The predicted molar refractivity (Wildman–Crippen MR) is 103 cm³/mol. The molecule has 0 saturated carbocycles. The van der Waals surface area contributed by atoms with Crippen molar-refractivity contribution in [2.24, 2.45) is 0 Å². The minimum absolute atomic E-state index is 0.148. The third-order valence-corrected chi connectivity index (χ3v) is 5.59. The third-order valence-electron chi connectivity index (χ3n) is 5.59. The Morgan fingerprint density at radius 1 is 1.19 bits per heavy atom. The maximum Gasteiger partial charge on any atom is 0.237 e. The lowest BCUT2D eigenvalue weighted by Gasteiger charge is -2.28. The fourth-order valence-corrected chi connectivity index (χ4v) is 4.06. The van der Waals surface area contributed by atoms with Gasteiger partial charge in [-0.25, -0.2) is 4.98 Å². The van der Waals surface area contributed by atoms with E-state index in [-0.39, 0.29) is 5.91 Å². The second kappa shape index (κ2) is 6.40. The highest BCUT2D eigenvalue weighted by Gasteiger charge is 2.45. The molecule has 2 aliphatic heterocycles. The van der Waals surface area contributed by atoms with Gasteiger partial charge >= 0.3 is 0 Å². The highest BCUT2D eigenvalue weighted by atomic mass is 16.5. The van der Waals surface area contributed by atoms with Crippen LogP contribution in [0.25, 0.3) is 0 Å². The van der Waals surface area contributed by atoms with Gasteiger partial charge in [-0.2, -0.15) is 0 Å². The van der Waals surface area contributed by atoms with E-state index in [0.717, 1.165) is 48.9 Å². The van der Waals surface area contributed by atoms with E-state index in [1.54, 1.807) is 4.90 Å². The summed E-state index contributed by atoms with van der Waals surface area (Å²) in [7, 11) is 1.86. The molecular formula is C21H25N3O2. The van der Waals surface area contributed by atoms with Gasteiger partial charge in [-0.1, -0.05) is 23.8 Å². The lowest BCUT2D eigenvalue weighted by Crippen LogP contribution is -2.38. The lowest BCUT2D eigenvalue weighted by atomic mass is 9.78. The van der Waals surface area contributed by atoms with Crippen molar-refractivity contribution in [2.45, 2.75) is 25.7 Å². The summed E-state index contributed by atoms with van der Waals surface area (Å²) in [6.07, 6.45) is 2.57. The van der Waals surface area contributed by atoms with E-state index < -0.39 is 5.41 Å². The predicted octanol–water partition coefficient (Wildman–Crippen LogP) is 2.70. The van der Waals surface area contributed by atoms with Crippen LogP contribution >= 0.6 is 0 Å². The van der Waals surface area contributed by atoms with Gasteiger partial charge in [0, 0.05) is 32.0 Å². The molecule has 1 fully saturated rings. The smallest absolute Gasteiger partial charge is 0.237 e. The summed E-state index contributed by atoms with van der Waals surface area (Å²) in [5, 5.41) is 0. The topological polar surface area (TPSA) is 45.7 Å². The molecule has 0 radical (unpaired) electrons. The molecule has 1 aromatic heterocycles. The molecule has 3 heterocycles. The van der Waals surface area contributed by atoms with E-state index in [1.807, 2.05) is 26.2 Å². The van der Waals surface area contributed by atoms with Gasteiger partial charge in [-0.15, -0.1) is 0 Å². The summed E-state index contributed by atoms with van der Waals surface area (Å²) in [4.78, 5) is 21.7. The first-order valence-electron chi connectivity index (χ1n) is 9.16. The molecule has 1 atom stereocenters. The number of carbonyl (C=O) groups excluding carboxylic acids is 1. The number of carbonyl (C=O) groups is 1. The number of hydrogen-bond acceptors (Lipinski definition) is 4. The van der Waals surface area contributed by atoms with Crippen molar-refractivity contribution in [3.63, 3.8) is 0 Å². The van der Waals surface area contributed by atoms with Crippen LogP contribution in [0.5, 0.6) is 0 Å². The van der Waals surface area contributed by atoms with Crippen LogP contribution in [0, 0.1) is 6.92 Å². The molecule has 1 amide bonds.